The number of carboxylic acids is 1. The smallest absolute Gasteiger partial charge is 0.325 e. The Labute approximate surface area is 302 Å². The summed E-state index contributed by atoms with van der Waals surface area (Å²) in [7, 11) is 5.93. The van der Waals surface area contributed by atoms with Gasteiger partial charge in [0.1, 0.15) is 30.2 Å². The maximum Gasteiger partial charge on any atom is 0.325 e. The van der Waals surface area contributed by atoms with Gasteiger partial charge in [-0.1, -0.05) is 58.0 Å². The van der Waals surface area contributed by atoms with E-state index in [9.17, 15) is 38.7 Å². The van der Waals surface area contributed by atoms with E-state index in [1.807, 2.05) is 33.8 Å². The van der Waals surface area contributed by atoms with Gasteiger partial charge in [-0.2, -0.15) is 0 Å². The molecule has 0 spiro atoms. The highest BCUT2D eigenvalue weighted by Gasteiger charge is 2.35. The monoisotopic (exact) mass is 717 g/mol. The van der Waals surface area contributed by atoms with E-state index < -0.39 is 71.8 Å². The average molecular weight is 718 g/mol. The van der Waals surface area contributed by atoms with E-state index in [0.717, 1.165) is 5.56 Å². The van der Waals surface area contributed by atoms with Gasteiger partial charge in [0.25, 0.3) is 0 Å². The van der Waals surface area contributed by atoms with Crippen molar-refractivity contribution in [3.05, 3.63) is 35.9 Å². The molecule has 15 nitrogen and oxygen atoms in total. The highest BCUT2D eigenvalue weighted by atomic mass is 16.4. The Bertz CT molecular complexity index is 1360. The number of benzene rings is 1. The molecular formula is C36H59N7O8. The van der Waals surface area contributed by atoms with E-state index in [2.05, 4.69) is 21.3 Å². The first kappa shape index (κ1) is 44.5. The Morgan fingerprint density at radius 2 is 1.18 bits per heavy atom. The molecule has 0 aliphatic carbocycles. The molecular weight excluding hydrogens is 658 g/mol. The van der Waals surface area contributed by atoms with Crippen molar-refractivity contribution in [1.29, 1.82) is 0 Å². The number of hydrogen-bond acceptors (Lipinski definition) is 8. The zero-order chi connectivity index (χ0) is 39.2. The van der Waals surface area contributed by atoms with Gasteiger partial charge in [0, 0.05) is 27.6 Å². The van der Waals surface area contributed by atoms with Crippen molar-refractivity contribution < 1.29 is 38.7 Å². The standard InChI is InChI=1S/C36H59N7O8/c1-21(2)17-27(39-31(45)23(5)37-8)34(48)41(9)20-30(44)42(10)25(7)32(46)40-28(18-22(3)4)35(49)43(11)29(19-26-15-13-12-14-16-26)33(47)38-24(6)36(50)51/h12-16,21-25,27-29,37H,17-20H2,1-11H3,(H,38,47)(H,39,45)(H,40,46)(H,50,51)/t23-,24-,25-,27-,28-,29-/m0/s1. The molecule has 0 fully saturated rings. The molecule has 0 bridgehead atoms. The van der Waals surface area contributed by atoms with Crippen molar-refractivity contribution in [2.24, 2.45) is 11.8 Å². The third-order valence-electron chi connectivity index (χ3n) is 8.69. The van der Waals surface area contributed by atoms with Crippen LogP contribution in [0.25, 0.3) is 0 Å². The summed E-state index contributed by atoms with van der Waals surface area (Å²) in [4.78, 5) is 95.0. The molecule has 1 aromatic rings. The van der Waals surface area contributed by atoms with Crippen LogP contribution < -0.4 is 21.3 Å². The number of aliphatic carboxylic acids is 1. The van der Waals surface area contributed by atoms with Gasteiger partial charge in [0.2, 0.25) is 35.4 Å². The third kappa shape index (κ3) is 14.3. The second-order valence-electron chi connectivity index (χ2n) is 14.0. The first-order valence-electron chi connectivity index (χ1n) is 17.3. The van der Waals surface area contributed by atoms with Crippen LogP contribution in [-0.2, 0) is 40.0 Å². The normalized spacial score (nSPS) is 14.7. The van der Waals surface area contributed by atoms with E-state index in [4.69, 9.17) is 0 Å². The minimum Gasteiger partial charge on any atom is -0.480 e. The summed E-state index contributed by atoms with van der Waals surface area (Å²) < 4.78 is 0. The molecule has 0 aromatic heterocycles. The lowest BCUT2D eigenvalue weighted by molar-refractivity contribution is -0.146. The molecule has 0 saturated carbocycles. The van der Waals surface area contributed by atoms with Crippen LogP contribution in [0.2, 0.25) is 0 Å². The van der Waals surface area contributed by atoms with Crippen molar-refractivity contribution >= 4 is 41.4 Å². The summed E-state index contributed by atoms with van der Waals surface area (Å²) in [5.74, 6) is -4.39. The number of nitrogens with one attached hydrogen (secondary N) is 4. The number of amides is 6. The molecule has 0 saturated heterocycles. The van der Waals surface area contributed by atoms with Crippen LogP contribution >= 0.6 is 0 Å². The molecule has 0 radical (unpaired) electrons. The van der Waals surface area contributed by atoms with Gasteiger partial charge in [-0.05, 0) is 58.1 Å². The summed E-state index contributed by atoms with van der Waals surface area (Å²) in [6.45, 7) is 11.7. The van der Waals surface area contributed by atoms with E-state index in [1.165, 1.54) is 49.7 Å². The van der Waals surface area contributed by atoms with E-state index in [1.54, 1.807) is 38.2 Å². The van der Waals surface area contributed by atoms with Crippen LogP contribution in [0.1, 0.15) is 66.9 Å². The zero-order valence-electron chi connectivity index (χ0n) is 32.0. The van der Waals surface area contributed by atoms with Crippen LogP contribution in [0, 0.1) is 11.8 Å². The van der Waals surface area contributed by atoms with E-state index in [-0.39, 0.29) is 37.1 Å². The predicted molar refractivity (Wildman–Crippen MR) is 193 cm³/mol. The summed E-state index contributed by atoms with van der Waals surface area (Å²) in [5, 5.41) is 20.1. The zero-order valence-corrected chi connectivity index (χ0v) is 32.0. The summed E-state index contributed by atoms with van der Waals surface area (Å²) in [5.41, 5.74) is 0.743. The Balaban J connectivity index is 3.15. The fourth-order valence-corrected chi connectivity index (χ4v) is 5.17. The molecule has 1 rings (SSSR count). The molecule has 6 amide bonds. The molecule has 0 aliphatic rings. The largest absolute Gasteiger partial charge is 0.480 e. The van der Waals surface area contributed by atoms with Gasteiger partial charge in [0.15, 0.2) is 0 Å². The maximum atomic E-state index is 14.0. The SMILES string of the molecule is CN[C@@H](C)C(=O)N[C@@H](CC(C)C)C(=O)N(C)CC(=O)N(C)[C@@H](C)C(=O)N[C@@H](CC(C)C)C(=O)N(C)[C@@H](Cc1ccccc1)C(=O)N[C@@H](C)C(=O)O. The number of carbonyl (C=O) groups is 7. The molecule has 0 unspecified atom stereocenters. The molecule has 0 heterocycles. The Morgan fingerprint density at radius 1 is 0.667 bits per heavy atom. The number of rotatable bonds is 20. The number of nitrogens with zero attached hydrogens (tertiary/aromatic N) is 3. The van der Waals surface area contributed by atoms with Crippen molar-refractivity contribution in [3.63, 3.8) is 0 Å². The highest BCUT2D eigenvalue weighted by Crippen LogP contribution is 2.15. The van der Waals surface area contributed by atoms with Crippen LogP contribution in [0.15, 0.2) is 30.3 Å². The minimum atomic E-state index is -1.23. The maximum absolute atomic E-state index is 14.0. The lowest BCUT2D eigenvalue weighted by Gasteiger charge is -2.33. The van der Waals surface area contributed by atoms with Gasteiger partial charge in [-0.3, -0.25) is 33.6 Å². The van der Waals surface area contributed by atoms with Crippen molar-refractivity contribution in [1.82, 2.24) is 36.0 Å². The van der Waals surface area contributed by atoms with E-state index >= 15 is 0 Å². The number of carboxylic acid groups (broad SMARTS) is 1. The molecule has 6 atom stereocenters. The second kappa shape index (κ2) is 21.0. The summed E-state index contributed by atoms with van der Waals surface area (Å²) in [6.07, 6.45) is 0.677. The second-order valence-corrected chi connectivity index (χ2v) is 14.0. The third-order valence-corrected chi connectivity index (χ3v) is 8.69. The van der Waals surface area contributed by atoms with Crippen LogP contribution in [-0.4, -0.2) is 132 Å². The van der Waals surface area contributed by atoms with Crippen molar-refractivity contribution in [2.75, 3.05) is 34.7 Å². The Morgan fingerprint density at radius 3 is 1.67 bits per heavy atom. The molecule has 15 heteroatoms. The topological polar surface area (TPSA) is 198 Å². The minimum absolute atomic E-state index is 0.0502. The van der Waals surface area contributed by atoms with Gasteiger partial charge >= 0.3 is 5.97 Å². The van der Waals surface area contributed by atoms with Gasteiger partial charge in [-0.25, -0.2) is 0 Å². The summed E-state index contributed by atoms with van der Waals surface area (Å²) in [6, 6.07) is 3.18. The highest BCUT2D eigenvalue weighted by molar-refractivity contribution is 5.96. The summed E-state index contributed by atoms with van der Waals surface area (Å²) >= 11 is 0. The average Bonchev–Trinajstić information content (AvgIpc) is 3.07. The fourth-order valence-electron chi connectivity index (χ4n) is 5.17. The van der Waals surface area contributed by atoms with Crippen molar-refractivity contribution in [2.45, 2.75) is 104 Å². The fraction of sp³-hybridized carbons (Fsp3) is 0.639. The molecule has 5 N–H and O–H groups in total. The lowest BCUT2D eigenvalue weighted by Crippen LogP contribution is -2.58. The molecule has 286 valence electrons. The predicted octanol–water partition coefficient (Wildman–Crippen LogP) is 0.620. The molecule has 1 aromatic carbocycles. The Hall–Kier alpha value is -4.53. The van der Waals surface area contributed by atoms with Crippen LogP contribution in [0.3, 0.4) is 0 Å². The first-order valence-corrected chi connectivity index (χ1v) is 17.3. The molecule has 51 heavy (non-hydrogen) atoms. The van der Waals surface area contributed by atoms with E-state index in [0.29, 0.717) is 6.42 Å². The van der Waals surface area contributed by atoms with Gasteiger partial charge < -0.3 is 41.1 Å². The first-order chi connectivity index (χ1) is 23.7. The number of hydrogen-bond donors (Lipinski definition) is 5. The quantitative estimate of drug-likeness (QED) is 0.128. The number of likely N-dealkylation sites (N-methyl/N-ethyl adjacent to an activating group) is 4. The van der Waals surface area contributed by atoms with Crippen LogP contribution in [0.5, 0.6) is 0 Å². The van der Waals surface area contributed by atoms with Gasteiger partial charge in [0.05, 0.1) is 12.6 Å². The lowest BCUT2D eigenvalue weighted by atomic mass is 9.99. The molecule has 0 aliphatic heterocycles. The van der Waals surface area contributed by atoms with Gasteiger partial charge in [-0.15, -0.1) is 0 Å². The van der Waals surface area contributed by atoms with Crippen molar-refractivity contribution in [3.8, 4) is 0 Å². The number of carbonyl (C=O) groups excluding carboxylic acids is 6. The van der Waals surface area contributed by atoms with Crippen LogP contribution in [0.4, 0.5) is 0 Å². The Kier molecular flexibility index (Phi) is 18.3.